The van der Waals surface area contributed by atoms with E-state index in [4.69, 9.17) is 16.3 Å². The third kappa shape index (κ3) is 5.85. The van der Waals surface area contributed by atoms with Crippen LogP contribution < -0.4 is 5.32 Å². The van der Waals surface area contributed by atoms with Crippen LogP contribution in [0, 0.1) is 5.41 Å². The number of rotatable bonds is 8. The second-order valence-electron chi connectivity index (χ2n) is 5.43. The van der Waals surface area contributed by atoms with Gasteiger partial charge in [-0.1, -0.05) is 50.6 Å². The molecule has 3 heteroatoms. The van der Waals surface area contributed by atoms with Gasteiger partial charge in [-0.25, -0.2) is 0 Å². The van der Waals surface area contributed by atoms with E-state index in [0.717, 1.165) is 36.7 Å². The number of halogens is 1. The fourth-order valence-electron chi connectivity index (χ4n) is 1.71. The molecule has 0 heterocycles. The average molecular weight is 270 g/mol. The summed E-state index contributed by atoms with van der Waals surface area (Å²) in [4.78, 5) is 0. The van der Waals surface area contributed by atoms with Gasteiger partial charge < -0.3 is 10.1 Å². The van der Waals surface area contributed by atoms with E-state index in [2.05, 4.69) is 26.1 Å². The molecule has 0 spiro atoms. The minimum absolute atomic E-state index is 0.149. The third-order valence-corrected chi connectivity index (χ3v) is 3.11. The van der Waals surface area contributed by atoms with Crippen LogP contribution in [0.4, 0.5) is 0 Å². The summed E-state index contributed by atoms with van der Waals surface area (Å²) in [6.07, 6.45) is 1.16. The standard InChI is InChI=1S/C15H24ClNO/c1-4-9-17-11-15(2,3)12-18-10-13-7-5-6-8-14(13)16/h5-8,17H,4,9-12H2,1-3H3. The summed E-state index contributed by atoms with van der Waals surface area (Å²) in [5.41, 5.74) is 1.20. The lowest BCUT2D eigenvalue weighted by Crippen LogP contribution is -2.33. The number of hydrogen-bond acceptors (Lipinski definition) is 2. The summed E-state index contributed by atoms with van der Waals surface area (Å²) in [6, 6.07) is 7.82. The summed E-state index contributed by atoms with van der Waals surface area (Å²) in [6.45, 7) is 9.95. The molecule has 0 amide bonds. The highest BCUT2D eigenvalue weighted by Crippen LogP contribution is 2.19. The lowest BCUT2D eigenvalue weighted by atomic mass is 9.95. The zero-order chi connectivity index (χ0) is 13.4. The number of benzene rings is 1. The topological polar surface area (TPSA) is 21.3 Å². The maximum absolute atomic E-state index is 6.08. The molecule has 1 rings (SSSR count). The van der Waals surface area contributed by atoms with Crippen molar-refractivity contribution < 1.29 is 4.74 Å². The predicted molar refractivity (Wildman–Crippen MR) is 78.0 cm³/mol. The fourth-order valence-corrected chi connectivity index (χ4v) is 1.90. The van der Waals surface area contributed by atoms with Crippen molar-refractivity contribution in [3.8, 4) is 0 Å². The van der Waals surface area contributed by atoms with Gasteiger partial charge in [0.25, 0.3) is 0 Å². The van der Waals surface area contributed by atoms with Gasteiger partial charge in [-0.3, -0.25) is 0 Å². The largest absolute Gasteiger partial charge is 0.376 e. The van der Waals surface area contributed by atoms with Crippen molar-refractivity contribution in [2.75, 3.05) is 19.7 Å². The molecule has 18 heavy (non-hydrogen) atoms. The first-order chi connectivity index (χ1) is 8.55. The third-order valence-electron chi connectivity index (χ3n) is 2.74. The highest BCUT2D eigenvalue weighted by atomic mass is 35.5. The van der Waals surface area contributed by atoms with Gasteiger partial charge in [-0.05, 0) is 24.6 Å². The van der Waals surface area contributed by atoms with Gasteiger partial charge in [0.1, 0.15) is 0 Å². The van der Waals surface area contributed by atoms with E-state index in [9.17, 15) is 0 Å². The Bertz CT molecular complexity index is 352. The van der Waals surface area contributed by atoms with Gasteiger partial charge in [-0.15, -0.1) is 0 Å². The predicted octanol–water partition coefficient (Wildman–Crippen LogP) is 3.88. The smallest absolute Gasteiger partial charge is 0.0731 e. The van der Waals surface area contributed by atoms with E-state index in [1.54, 1.807) is 0 Å². The van der Waals surface area contributed by atoms with Crippen molar-refractivity contribution >= 4 is 11.6 Å². The maximum Gasteiger partial charge on any atom is 0.0731 e. The molecule has 0 unspecified atom stereocenters. The lowest BCUT2D eigenvalue weighted by molar-refractivity contribution is 0.0514. The molecule has 1 aromatic carbocycles. The quantitative estimate of drug-likeness (QED) is 0.723. The Morgan fingerprint density at radius 1 is 1.28 bits per heavy atom. The lowest BCUT2D eigenvalue weighted by Gasteiger charge is -2.25. The Morgan fingerprint density at radius 3 is 2.67 bits per heavy atom. The Kier molecular flexibility index (Phi) is 6.69. The monoisotopic (exact) mass is 269 g/mol. The van der Waals surface area contributed by atoms with Crippen LogP contribution in [-0.4, -0.2) is 19.7 Å². The van der Waals surface area contributed by atoms with Gasteiger partial charge in [0, 0.05) is 17.0 Å². The summed E-state index contributed by atoms with van der Waals surface area (Å²) in [5, 5.41) is 4.21. The van der Waals surface area contributed by atoms with Crippen LogP contribution in [0.5, 0.6) is 0 Å². The van der Waals surface area contributed by atoms with Crippen molar-refractivity contribution in [1.82, 2.24) is 5.32 Å². The Hall–Kier alpha value is -0.570. The molecule has 0 aliphatic carbocycles. The molecule has 0 atom stereocenters. The molecule has 1 N–H and O–H groups in total. The van der Waals surface area contributed by atoms with E-state index in [1.807, 2.05) is 24.3 Å². The zero-order valence-electron chi connectivity index (χ0n) is 11.6. The minimum Gasteiger partial charge on any atom is -0.376 e. The second kappa shape index (κ2) is 7.78. The van der Waals surface area contributed by atoms with E-state index < -0.39 is 0 Å². The summed E-state index contributed by atoms with van der Waals surface area (Å²) in [5.74, 6) is 0. The summed E-state index contributed by atoms with van der Waals surface area (Å²) >= 11 is 6.08. The van der Waals surface area contributed by atoms with Gasteiger partial charge in [0.15, 0.2) is 0 Å². The van der Waals surface area contributed by atoms with Gasteiger partial charge in [0.2, 0.25) is 0 Å². The average Bonchev–Trinajstić information content (AvgIpc) is 2.32. The minimum atomic E-state index is 0.149. The zero-order valence-corrected chi connectivity index (χ0v) is 12.4. The molecule has 1 aromatic rings. The molecule has 2 nitrogen and oxygen atoms in total. The van der Waals surface area contributed by atoms with Crippen LogP contribution >= 0.6 is 11.6 Å². The van der Waals surface area contributed by atoms with Crippen molar-refractivity contribution in [2.45, 2.75) is 33.8 Å². The molecular weight excluding hydrogens is 246 g/mol. The Labute approximate surface area is 116 Å². The van der Waals surface area contributed by atoms with E-state index in [0.29, 0.717) is 6.61 Å². The first-order valence-electron chi connectivity index (χ1n) is 6.57. The number of nitrogens with one attached hydrogen (secondary N) is 1. The molecule has 0 radical (unpaired) electrons. The van der Waals surface area contributed by atoms with Crippen LogP contribution in [0.2, 0.25) is 5.02 Å². The van der Waals surface area contributed by atoms with E-state index >= 15 is 0 Å². The Balaban J connectivity index is 2.30. The van der Waals surface area contributed by atoms with Crippen molar-refractivity contribution in [1.29, 1.82) is 0 Å². The summed E-state index contributed by atoms with van der Waals surface area (Å²) < 4.78 is 5.77. The van der Waals surface area contributed by atoms with Crippen LogP contribution in [0.3, 0.4) is 0 Å². The molecule has 0 aromatic heterocycles. The highest BCUT2D eigenvalue weighted by Gasteiger charge is 2.17. The Morgan fingerprint density at radius 2 is 2.00 bits per heavy atom. The second-order valence-corrected chi connectivity index (χ2v) is 5.83. The van der Waals surface area contributed by atoms with Crippen LogP contribution in [0.1, 0.15) is 32.8 Å². The molecule has 102 valence electrons. The van der Waals surface area contributed by atoms with Crippen molar-refractivity contribution in [2.24, 2.45) is 5.41 Å². The SMILES string of the molecule is CCCNCC(C)(C)COCc1ccccc1Cl. The first-order valence-corrected chi connectivity index (χ1v) is 6.95. The molecule has 0 saturated carbocycles. The van der Waals surface area contributed by atoms with E-state index in [-0.39, 0.29) is 5.41 Å². The maximum atomic E-state index is 6.08. The number of hydrogen-bond donors (Lipinski definition) is 1. The molecule has 0 saturated heterocycles. The van der Waals surface area contributed by atoms with Crippen molar-refractivity contribution in [3.05, 3.63) is 34.9 Å². The van der Waals surface area contributed by atoms with Gasteiger partial charge in [0.05, 0.1) is 13.2 Å². The van der Waals surface area contributed by atoms with Crippen LogP contribution in [0.15, 0.2) is 24.3 Å². The van der Waals surface area contributed by atoms with Gasteiger partial charge in [-0.2, -0.15) is 0 Å². The molecule has 0 fully saturated rings. The van der Waals surface area contributed by atoms with Crippen LogP contribution in [-0.2, 0) is 11.3 Å². The molecule has 0 aliphatic rings. The fraction of sp³-hybridized carbons (Fsp3) is 0.600. The van der Waals surface area contributed by atoms with Crippen LogP contribution in [0.25, 0.3) is 0 Å². The molecule has 0 aliphatic heterocycles. The first kappa shape index (κ1) is 15.5. The molecular formula is C15H24ClNO. The summed E-state index contributed by atoms with van der Waals surface area (Å²) in [7, 11) is 0. The van der Waals surface area contributed by atoms with Gasteiger partial charge >= 0.3 is 0 Å². The van der Waals surface area contributed by atoms with Crippen molar-refractivity contribution in [3.63, 3.8) is 0 Å². The highest BCUT2D eigenvalue weighted by molar-refractivity contribution is 6.31. The molecule has 0 bridgehead atoms. The van der Waals surface area contributed by atoms with E-state index in [1.165, 1.54) is 0 Å². The number of ether oxygens (including phenoxy) is 1. The normalized spacial score (nSPS) is 11.8.